The SMILES string of the molecule is CC[C@H](C)c1ccccc1NC(=O)C1CCN(C(=O)N(CC)CC)CC1. The van der Waals surface area contributed by atoms with E-state index in [-0.39, 0.29) is 17.9 Å². The van der Waals surface area contributed by atoms with Crippen molar-refractivity contribution in [2.45, 2.75) is 52.9 Å². The molecule has 0 aromatic heterocycles. The Bertz CT molecular complexity index is 605. The van der Waals surface area contributed by atoms with Crippen molar-refractivity contribution in [2.75, 3.05) is 31.5 Å². The van der Waals surface area contributed by atoms with Gasteiger partial charge < -0.3 is 15.1 Å². The maximum Gasteiger partial charge on any atom is 0.319 e. The third kappa shape index (κ3) is 4.77. The number of para-hydroxylation sites is 1. The highest BCUT2D eigenvalue weighted by molar-refractivity contribution is 5.93. The Morgan fingerprint density at radius 3 is 2.35 bits per heavy atom. The van der Waals surface area contributed by atoms with Gasteiger partial charge in [-0.2, -0.15) is 0 Å². The van der Waals surface area contributed by atoms with Crippen molar-refractivity contribution in [3.8, 4) is 0 Å². The van der Waals surface area contributed by atoms with Crippen molar-refractivity contribution < 1.29 is 9.59 Å². The van der Waals surface area contributed by atoms with E-state index in [4.69, 9.17) is 0 Å². The number of urea groups is 1. The van der Waals surface area contributed by atoms with Gasteiger partial charge in [-0.3, -0.25) is 4.79 Å². The summed E-state index contributed by atoms with van der Waals surface area (Å²) in [5, 5.41) is 3.13. The van der Waals surface area contributed by atoms with Gasteiger partial charge in [0.15, 0.2) is 0 Å². The predicted molar refractivity (Wildman–Crippen MR) is 106 cm³/mol. The van der Waals surface area contributed by atoms with Crippen molar-refractivity contribution in [3.63, 3.8) is 0 Å². The van der Waals surface area contributed by atoms with Crippen molar-refractivity contribution in [3.05, 3.63) is 29.8 Å². The maximum atomic E-state index is 12.7. The number of nitrogens with one attached hydrogen (secondary N) is 1. The quantitative estimate of drug-likeness (QED) is 0.823. The topological polar surface area (TPSA) is 52.7 Å². The molecule has 1 aliphatic rings. The summed E-state index contributed by atoms with van der Waals surface area (Å²) in [6.07, 6.45) is 2.49. The van der Waals surface area contributed by atoms with Crippen LogP contribution >= 0.6 is 0 Å². The molecule has 0 radical (unpaired) electrons. The molecule has 1 atom stereocenters. The van der Waals surface area contributed by atoms with E-state index in [1.165, 1.54) is 5.56 Å². The zero-order valence-corrected chi connectivity index (χ0v) is 16.6. The Labute approximate surface area is 157 Å². The van der Waals surface area contributed by atoms with Gasteiger partial charge in [-0.25, -0.2) is 4.79 Å². The summed E-state index contributed by atoms with van der Waals surface area (Å²) >= 11 is 0. The van der Waals surface area contributed by atoms with Crippen LogP contribution in [-0.4, -0.2) is 47.9 Å². The van der Waals surface area contributed by atoms with Crippen molar-refractivity contribution >= 4 is 17.6 Å². The number of amides is 3. The number of piperidine rings is 1. The Kier molecular flexibility index (Phi) is 7.49. The molecule has 5 nitrogen and oxygen atoms in total. The summed E-state index contributed by atoms with van der Waals surface area (Å²) in [5.74, 6) is 0.469. The second kappa shape index (κ2) is 9.60. The minimum absolute atomic E-state index is 0.0271. The van der Waals surface area contributed by atoms with Gasteiger partial charge in [-0.15, -0.1) is 0 Å². The van der Waals surface area contributed by atoms with Crippen LogP contribution in [0.3, 0.4) is 0 Å². The molecule has 0 unspecified atom stereocenters. The van der Waals surface area contributed by atoms with Gasteiger partial charge in [0.2, 0.25) is 5.91 Å². The number of benzene rings is 1. The van der Waals surface area contributed by atoms with Gasteiger partial charge in [0, 0.05) is 37.8 Å². The largest absolute Gasteiger partial charge is 0.326 e. The normalized spacial score (nSPS) is 16.2. The van der Waals surface area contributed by atoms with Gasteiger partial charge in [-0.05, 0) is 50.7 Å². The maximum absolute atomic E-state index is 12.7. The van der Waals surface area contributed by atoms with Crippen LogP contribution in [-0.2, 0) is 4.79 Å². The molecule has 1 N–H and O–H groups in total. The number of hydrogen-bond acceptors (Lipinski definition) is 2. The number of carbonyl (C=O) groups is 2. The van der Waals surface area contributed by atoms with E-state index in [9.17, 15) is 9.59 Å². The van der Waals surface area contributed by atoms with Gasteiger partial charge >= 0.3 is 6.03 Å². The summed E-state index contributed by atoms with van der Waals surface area (Å²) in [5.41, 5.74) is 2.12. The van der Waals surface area contributed by atoms with Crippen LogP contribution in [0.4, 0.5) is 10.5 Å². The van der Waals surface area contributed by atoms with Crippen molar-refractivity contribution in [1.29, 1.82) is 0 Å². The third-order valence-corrected chi connectivity index (χ3v) is 5.53. The molecule has 5 heteroatoms. The Hall–Kier alpha value is -2.04. The zero-order chi connectivity index (χ0) is 19.1. The van der Waals surface area contributed by atoms with Crippen LogP contribution in [0, 0.1) is 5.92 Å². The smallest absolute Gasteiger partial charge is 0.319 e. The van der Waals surface area contributed by atoms with Gasteiger partial charge in [0.25, 0.3) is 0 Å². The lowest BCUT2D eigenvalue weighted by Crippen LogP contribution is -2.47. The molecule has 1 heterocycles. The van der Waals surface area contributed by atoms with Crippen LogP contribution in [0.5, 0.6) is 0 Å². The second-order valence-corrected chi connectivity index (χ2v) is 7.10. The number of nitrogens with zero attached hydrogens (tertiary/aromatic N) is 2. The lowest BCUT2D eigenvalue weighted by atomic mass is 9.94. The fourth-order valence-electron chi connectivity index (χ4n) is 3.52. The molecule has 3 amide bonds. The lowest BCUT2D eigenvalue weighted by Gasteiger charge is -2.34. The molecule has 144 valence electrons. The summed E-state index contributed by atoms with van der Waals surface area (Å²) in [6.45, 7) is 11.1. The number of anilines is 1. The first-order valence-corrected chi connectivity index (χ1v) is 9.95. The number of carbonyl (C=O) groups excluding carboxylic acids is 2. The lowest BCUT2D eigenvalue weighted by molar-refractivity contribution is -0.121. The van der Waals surface area contributed by atoms with Crippen LogP contribution in [0.15, 0.2) is 24.3 Å². The van der Waals surface area contributed by atoms with E-state index >= 15 is 0 Å². The standard InChI is InChI=1S/C21H33N3O2/c1-5-16(4)18-10-8-9-11-19(18)22-20(25)17-12-14-24(15-13-17)21(26)23(6-2)7-3/h8-11,16-17H,5-7,12-15H2,1-4H3,(H,22,25)/t16-/m0/s1. The molecule has 0 spiro atoms. The summed E-state index contributed by atoms with van der Waals surface area (Å²) in [4.78, 5) is 28.9. The van der Waals surface area contributed by atoms with Crippen molar-refractivity contribution in [1.82, 2.24) is 9.80 Å². The molecule has 1 saturated heterocycles. The van der Waals surface area contributed by atoms with Gasteiger partial charge in [-0.1, -0.05) is 32.0 Å². The molecule has 1 aromatic rings. The number of likely N-dealkylation sites (tertiary alicyclic amines) is 1. The summed E-state index contributed by atoms with van der Waals surface area (Å²) < 4.78 is 0. The predicted octanol–water partition coefficient (Wildman–Crippen LogP) is 4.31. The van der Waals surface area contributed by atoms with E-state index in [1.807, 2.05) is 41.8 Å². The third-order valence-electron chi connectivity index (χ3n) is 5.53. The van der Waals surface area contributed by atoms with Crippen LogP contribution in [0.25, 0.3) is 0 Å². The second-order valence-electron chi connectivity index (χ2n) is 7.10. The van der Waals surface area contributed by atoms with E-state index in [1.54, 1.807) is 0 Å². The highest BCUT2D eigenvalue weighted by Gasteiger charge is 2.29. The molecular formula is C21H33N3O2. The summed E-state index contributed by atoms with van der Waals surface area (Å²) in [7, 11) is 0. The molecule has 26 heavy (non-hydrogen) atoms. The zero-order valence-electron chi connectivity index (χ0n) is 16.6. The average Bonchev–Trinajstić information content (AvgIpc) is 2.68. The molecule has 2 rings (SSSR count). The van der Waals surface area contributed by atoms with Crippen LogP contribution in [0.2, 0.25) is 0 Å². The Morgan fingerprint density at radius 2 is 1.77 bits per heavy atom. The van der Waals surface area contributed by atoms with E-state index in [2.05, 4.69) is 25.2 Å². The fraction of sp³-hybridized carbons (Fsp3) is 0.619. The average molecular weight is 360 g/mol. The first kappa shape index (κ1) is 20.3. The van der Waals surface area contributed by atoms with E-state index < -0.39 is 0 Å². The molecular weight excluding hydrogens is 326 g/mol. The minimum Gasteiger partial charge on any atom is -0.326 e. The first-order valence-electron chi connectivity index (χ1n) is 9.95. The molecule has 0 aliphatic carbocycles. The van der Waals surface area contributed by atoms with E-state index in [0.29, 0.717) is 19.0 Å². The number of hydrogen-bond donors (Lipinski definition) is 1. The van der Waals surface area contributed by atoms with E-state index in [0.717, 1.165) is 38.0 Å². The molecule has 1 aromatic carbocycles. The Balaban J connectivity index is 1.94. The molecule has 0 saturated carbocycles. The van der Waals surface area contributed by atoms with Crippen LogP contribution in [0.1, 0.15) is 58.4 Å². The van der Waals surface area contributed by atoms with Crippen molar-refractivity contribution in [2.24, 2.45) is 5.92 Å². The Morgan fingerprint density at radius 1 is 1.15 bits per heavy atom. The van der Waals surface area contributed by atoms with Crippen LogP contribution < -0.4 is 5.32 Å². The summed E-state index contributed by atoms with van der Waals surface area (Å²) in [6, 6.07) is 8.16. The highest BCUT2D eigenvalue weighted by Crippen LogP contribution is 2.28. The highest BCUT2D eigenvalue weighted by atomic mass is 16.2. The molecule has 1 aliphatic heterocycles. The first-order chi connectivity index (χ1) is 12.5. The number of rotatable bonds is 6. The minimum atomic E-state index is -0.0271. The van der Waals surface area contributed by atoms with Gasteiger partial charge in [0.05, 0.1) is 0 Å². The van der Waals surface area contributed by atoms with Gasteiger partial charge in [0.1, 0.15) is 0 Å². The molecule has 1 fully saturated rings. The molecule has 0 bridgehead atoms. The fourth-order valence-corrected chi connectivity index (χ4v) is 3.52. The monoisotopic (exact) mass is 359 g/mol.